The van der Waals surface area contributed by atoms with Crippen LogP contribution in [0.2, 0.25) is 0 Å². The van der Waals surface area contributed by atoms with E-state index in [1.165, 1.54) is 29.7 Å². The number of carbonyl (C=O) groups is 1. The number of hydrogen-bond donors (Lipinski definition) is 1. The minimum atomic E-state index is 0.0571. The Bertz CT molecular complexity index is 501. The van der Waals surface area contributed by atoms with E-state index in [0.29, 0.717) is 18.1 Å². The lowest BCUT2D eigenvalue weighted by Gasteiger charge is -2.23. The Kier molecular flexibility index (Phi) is 5.76. The van der Waals surface area contributed by atoms with E-state index in [2.05, 4.69) is 6.07 Å². The van der Waals surface area contributed by atoms with E-state index in [1.807, 2.05) is 18.7 Å². The highest BCUT2D eigenvalue weighted by atomic mass is 32.1. The predicted molar refractivity (Wildman–Crippen MR) is 93.1 cm³/mol. The molecule has 0 saturated carbocycles. The van der Waals surface area contributed by atoms with Gasteiger partial charge in [-0.3, -0.25) is 4.79 Å². The second-order valence-electron chi connectivity index (χ2n) is 5.77. The van der Waals surface area contributed by atoms with Crippen LogP contribution < -0.4 is 5.73 Å². The van der Waals surface area contributed by atoms with E-state index in [4.69, 9.17) is 18.0 Å². The first-order valence-electron chi connectivity index (χ1n) is 7.73. The zero-order chi connectivity index (χ0) is 15.4. The Morgan fingerprint density at radius 2 is 2.14 bits per heavy atom. The molecule has 5 heteroatoms. The number of nitrogens with zero attached hydrogens (tertiary/aromatic N) is 1. The quantitative estimate of drug-likeness (QED) is 0.667. The number of rotatable bonds is 5. The summed E-state index contributed by atoms with van der Waals surface area (Å²) < 4.78 is 0. The van der Waals surface area contributed by atoms with E-state index in [1.54, 1.807) is 11.3 Å². The molecule has 0 saturated heterocycles. The first-order chi connectivity index (χ1) is 10.0. The Morgan fingerprint density at radius 3 is 2.81 bits per heavy atom. The van der Waals surface area contributed by atoms with Crippen molar-refractivity contribution in [2.24, 2.45) is 11.7 Å². The zero-order valence-electron chi connectivity index (χ0n) is 12.9. The molecule has 1 aromatic rings. The lowest BCUT2D eigenvalue weighted by atomic mass is 10.1. The van der Waals surface area contributed by atoms with Gasteiger partial charge in [-0.2, -0.15) is 0 Å². The molecule has 1 aromatic heterocycles. The molecule has 0 aromatic carbocycles. The van der Waals surface area contributed by atoms with Crippen LogP contribution in [0.15, 0.2) is 6.07 Å². The number of fused-ring (bicyclic) bond motifs is 1. The van der Waals surface area contributed by atoms with Crippen molar-refractivity contribution in [1.29, 1.82) is 0 Å². The molecular weight excluding hydrogens is 300 g/mol. The zero-order valence-corrected chi connectivity index (χ0v) is 14.5. The summed E-state index contributed by atoms with van der Waals surface area (Å²) in [5.74, 6) is 0.181. The van der Waals surface area contributed by atoms with Gasteiger partial charge in [0.15, 0.2) is 0 Å². The monoisotopic (exact) mass is 324 g/mol. The molecule has 21 heavy (non-hydrogen) atoms. The number of aryl methyl sites for hydroxylation is 2. The molecule has 1 aliphatic rings. The fraction of sp³-hybridized carbons (Fsp3) is 0.625. The summed E-state index contributed by atoms with van der Waals surface area (Å²) in [5.41, 5.74) is 7.06. The molecule has 0 fully saturated rings. The highest BCUT2D eigenvalue weighted by Gasteiger charge is 2.22. The Hall–Kier alpha value is -0.940. The molecule has 1 atom stereocenters. The van der Waals surface area contributed by atoms with Crippen LogP contribution in [0.1, 0.15) is 53.2 Å². The van der Waals surface area contributed by atoms with E-state index in [-0.39, 0.29) is 11.8 Å². The average Bonchev–Trinajstić information content (AvgIpc) is 2.74. The van der Waals surface area contributed by atoms with Gasteiger partial charge in [0.2, 0.25) is 0 Å². The number of nitrogens with two attached hydrogens (primary N) is 1. The summed E-state index contributed by atoms with van der Waals surface area (Å²) in [5, 5.41) is 0. The summed E-state index contributed by atoms with van der Waals surface area (Å²) in [6, 6.07) is 2.11. The van der Waals surface area contributed by atoms with Gasteiger partial charge in [-0.25, -0.2) is 0 Å². The van der Waals surface area contributed by atoms with Crippen LogP contribution in [0.3, 0.4) is 0 Å². The SMILES string of the molecule is CCN(CC(C)C(N)=S)C(=O)c1cc2c(s1)CCCCC2. The molecule has 0 radical (unpaired) electrons. The molecule has 3 nitrogen and oxygen atoms in total. The van der Waals surface area contributed by atoms with Gasteiger partial charge in [-0.05, 0) is 44.2 Å². The molecule has 0 bridgehead atoms. The van der Waals surface area contributed by atoms with Gasteiger partial charge in [0, 0.05) is 23.9 Å². The third-order valence-corrected chi connectivity index (χ3v) is 5.73. The fourth-order valence-corrected chi connectivity index (χ4v) is 4.00. The summed E-state index contributed by atoms with van der Waals surface area (Å²) in [6.45, 7) is 5.27. The molecule has 1 heterocycles. The predicted octanol–water partition coefficient (Wildman–Crippen LogP) is 3.40. The van der Waals surface area contributed by atoms with E-state index in [0.717, 1.165) is 17.7 Å². The Labute approximate surface area is 136 Å². The minimum absolute atomic E-state index is 0.0571. The van der Waals surface area contributed by atoms with Crippen LogP contribution in [0.25, 0.3) is 0 Å². The molecule has 1 aliphatic carbocycles. The third-order valence-electron chi connectivity index (χ3n) is 4.11. The topological polar surface area (TPSA) is 46.3 Å². The smallest absolute Gasteiger partial charge is 0.263 e. The summed E-state index contributed by atoms with van der Waals surface area (Å²) in [7, 11) is 0. The minimum Gasteiger partial charge on any atom is -0.393 e. The van der Waals surface area contributed by atoms with Crippen LogP contribution >= 0.6 is 23.6 Å². The second kappa shape index (κ2) is 7.36. The molecule has 1 unspecified atom stereocenters. The van der Waals surface area contributed by atoms with Crippen molar-refractivity contribution in [2.45, 2.75) is 46.0 Å². The molecule has 2 N–H and O–H groups in total. The number of thiophene rings is 1. The molecule has 116 valence electrons. The summed E-state index contributed by atoms with van der Waals surface area (Å²) in [6.07, 6.45) is 6.04. The standard InChI is InChI=1S/C16H24N2OS2/c1-3-18(10-11(2)15(17)20)16(19)14-9-12-7-5-4-6-8-13(12)21-14/h9,11H,3-8,10H2,1-2H3,(H2,17,20). The maximum Gasteiger partial charge on any atom is 0.263 e. The van der Waals surface area contributed by atoms with Crippen molar-refractivity contribution < 1.29 is 4.79 Å². The van der Waals surface area contributed by atoms with Crippen LogP contribution in [-0.4, -0.2) is 28.9 Å². The van der Waals surface area contributed by atoms with Gasteiger partial charge in [0.25, 0.3) is 5.91 Å². The average molecular weight is 325 g/mol. The first-order valence-corrected chi connectivity index (χ1v) is 8.95. The number of hydrogen-bond acceptors (Lipinski definition) is 3. The van der Waals surface area contributed by atoms with Crippen LogP contribution in [0, 0.1) is 5.92 Å². The van der Waals surface area contributed by atoms with E-state index in [9.17, 15) is 4.79 Å². The Morgan fingerprint density at radius 1 is 1.43 bits per heavy atom. The van der Waals surface area contributed by atoms with Crippen molar-refractivity contribution in [2.75, 3.05) is 13.1 Å². The van der Waals surface area contributed by atoms with E-state index >= 15 is 0 Å². The van der Waals surface area contributed by atoms with Crippen molar-refractivity contribution in [3.05, 3.63) is 21.4 Å². The molecule has 0 aliphatic heterocycles. The van der Waals surface area contributed by atoms with Crippen molar-refractivity contribution in [3.63, 3.8) is 0 Å². The van der Waals surface area contributed by atoms with Gasteiger partial charge < -0.3 is 10.6 Å². The van der Waals surface area contributed by atoms with Gasteiger partial charge in [0.05, 0.1) is 9.87 Å². The van der Waals surface area contributed by atoms with Crippen molar-refractivity contribution in [3.8, 4) is 0 Å². The molecule has 1 amide bonds. The van der Waals surface area contributed by atoms with Crippen molar-refractivity contribution in [1.82, 2.24) is 4.90 Å². The molecular formula is C16H24N2OS2. The van der Waals surface area contributed by atoms with E-state index < -0.39 is 0 Å². The number of thiocarbonyl (C=S) groups is 1. The number of carbonyl (C=O) groups excluding carboxylic acids is 1. The first kappa shape index (κ1) is 16.4. The van der Waals surface area contributed by atoms with Gasteiger partial charge in [0.1, 0.15) is 0 Å². The highest BCUT2D eigenvalue weighted by molar-refractivity contribution is 7.80. The van der Waals surface area contributed by atoms with Crippen LogP contribution in [0.4, 0.5) is 0 Å². The van der Waals surface area contributed by atoms with Gasteiger partial charge in [-0.15, -0.1) is 11.3 Å². The largest absolute Gasteiger partial charge is 0.393 e. The van der Waals surface area contributed by atoms with Crippen LogP contribution in [-0.2, 0) is 12.8 Å². The second-order valence-corrected chi connectivity index (χ2v) is 7.38. The van der Waals surface area contributed by atoms with Gasteiger partial charge >= 0.3 is 0 Å². The Balaban J connectivity index is 2.12. The van der Waals surface area contributed by atoms with Crippen LogP contribution in [0.5, 0.6) is 0 Å². The summed E-state index contributed by atoms with van der Waals surface area (Å²) in [4.78, 5) is 17.3. The lowest BCUT2D eigenvalue weighted by Crippen LogP contribution is -2.37. The highest BCUT2D eigenvalue weighted by Crippen LogP contribution is 2.29. The fourth-order valence-electron chi connectivity index (χ4n) is 2.70. The van der Waals surface area contributed by atoms with Crippen molar-refractivity contribution >= 4 is 34.5 Å². The maximum atomic E-state index is 12.7. The third kappa shape index (κ3) is 4.04. The normalized spacial score (nSPS) is 15.9. The maximum absolute atomic E-state index is 12.7. The molecule has 2 rings (SSSR count). The number of amides is 1. The molecule has 0 spiro atoms. The lowest BCUT2D eigenvalue weighted by molar-refractivity contribution is 0.0759. The summed E-state index contributed by atoms with van der Waals surface area (Å²) >= 11 is 6.70. The van der Waals surface area contributed by atoms with Gasteiger partial charge in [-0.1, -0.05) is 25.6 Å².